The summed E-state index contributed by atoms with van der Waals surface area (Å²) in [5.74, 6) is 0.772. The molecular weight excluding hydrogens is 318 g/mol. The minimum absolute atomic E-state index is 0.0145. The van der Waals surface area contributed by atoms with Gasteiger partial charge in [-0.2, -0.15) is 0 Å². The normalized spacial score (nSPS) is 16.4. The van der Waals surface area contributed by atoms with Crippen molar-refractivity contribution < 1.29 is 14.6 Å². The molecule has 2 aromatic rings. The molecule has 1 aromatic carbocycles. The van der Waals surface area contributed by atoms with Crippen molar-refractivity contribution >= 4 is 5.91 Å². The molecule has 1 aromatic heterocycles. The summed E-state index contributed by atoms with van der Waals surface area (Å²) in [7, 11) is 0. The van der Waals surface area contributed by atoms with Crippen LogP contribution in [0.2, 0.25) is 0 Å². The van der Waals surface area contributed by atoms with Crippen LogP contribution in [-0.4, -0.2) is 71.2 Å². The lowest BCUT2D eigenvalue weighted by Gasteiger charge is -2.35. The Balaban J connectivity index is 1.41. The first kappa shape index (κ1) is 17.4. The lowest BCUT2D eigenvalue weighted by Crippen LogP contribution is -2.51. The van der Waals surface area contributed by atoms with Gasteiger partial charge in [-0.05, 0) is 24.3 Å². The van der Waals surface area contributed by atoms with E-state index in [1.807, 2.05) is 35.2 Å². The second-order valence-electron chi connectivity index (χ2n) is 6.11. The molecule has 1 aliphatic rings. The van der Waals surface area contributed by atoms with Crippen LogP contribution in [0, 0.1) is 0 Å². The van der Waals surface area contributed by atoms with E-state index in [1.165, 1.54) is 0 Å². The van der Waals surface area contributed by atoms with Crippen molar-refractivity contribution in [1.29, 1.82) is 0 Å². The predicted molar refractivity (Wildman–Crippen MR) is 94.5 cm³/mol. The van der Waals surface area contributed by atoms with E-state index >= 15 is 0 Å². The number of hydrogen-bond acceptors (Lipinski definition) is 5. The molecule has 1 N–H and O–H groups in total. The van der Waals surface area contributed by atoms with E-state index in [4.69, 9.17) is 4.74 Å². The van der Waals surface area contributed by atoms with Crippen LogP contribution in [-0.2, 0) is 0 Å². The zero-order valence-corrected chi connectivity index (χ0v) is 14.1. The maximum Gasteiger partial charge on any atom is 0.255 e. The maximum absolute atomic E-state index is 12.4. The van der Waals surface area contributed by atoms with E-state index in [2.05, 4.69) is 9.88 Å². The van der Waals surface area contributed by atoms with E-state index in [9.17, 15) is 9.90 Å². The van der Waals surface area contributed by atoms with Crippen LogP contribution in [0.1, 0.15) is 10.4 Å². The van der Waals surface area contributed by atoms with Gasteiger partial charge in [-0.1, -0.05) is 18.2 Å². The monoisotopic (exact) mass is 341 g/mol. The third kappa shape index (κ3) is 5.01. The molecule has 25 heavy (non-hydrogen) atoms. The van der Waals surface area contributed by atoms with Crippen LogP contribution >= 0.6 is 0 Å². The molecule has 1 atom stereocenters. The molecule has 2 heterocycles. The van der Waals surface area contributed by atoms with Crippen LogP contribution in [0.25, 0.3) is 0 Å². The van der Waals surface area contributed by atoms with Gasteiger partial charge in [0, 0.05) is 45.1 Å². The Kier molecular flexibility index (Phi) is 5.98. The topological polar surface area (TPSA) is 65.9 Å². The summed E-state index contributed by atoms with van der Waals surface area (Å²) < 4.78 is 5.58. The molecule has 0 spiro atoms. The lowest BCUT2D eigenvalue weighted by atomic mass is 10.2. The van der Waals surface area contributed by atoms with Gasteiger partial charge >= 0.3 is 0 Å². The molecule has 1 fully saturated rings. The number of aromatic nitrogens is 1. The van der Waals surface area contributed by atoms with Gasteiger partial charge in [0.25, 0.3) is 5.91 Å². The van der Waals surface area contributed by atoms with Gasteiger partial charge in [-0.3, -0.25) is 14.7 Å². The second kappa shape index (κ2) is 8.60. The fraction of sp³-hybridized carbons (Fsp3) is 0.368. The van der Waals surface area contributed by atoms with E-state index < -0.39 is 6.10 Å². The van der Waals surface area contributed by atoms with Gasteiger partial charge in [0.05, 0.1) is 5.56 Å². The number of β-amino-alcohol motifs (C(OH)–C–C–N with tert-alkyl or cyclic N) is 1. The Morgan fingerprint density at radius 2 is 1.88 bits per heavy atom. The number of nitrogens with zero attached hydrogens (tertiary/aromatic N) is 3. The van der Waals surface area contributed by atoms with Crippen molar-refractivity contribution in [3.63, 3.8) is 0 Å². The third-order valence-electron chi connectivity index (χ3n) is 4.22. The Labute approximate surface area is 147 Å². The highest BCUT2D eigenvalue weighted by molar-refractivity contribution is 5.93. The largest absolute Gasteiger partial charge is 0.491 e. The van der Waals surface area contributed by atoms with Crippen LogP contribution in [0.4, 0.5) is 0 Å². The lowest BCUT2D eigenvalue weighted by molar-refractivity contribution is 0.0403. The highest BCUT2D eigenvalue weighted by Crippen LogP contribution is 2.10. The summed E-state index contributed by atoms with van der Waals surface area (Å²) in [5.41, 5.74) is 0.618. The van der Waals surface area contributed by atoms with E-state index in [-0.39, 0.29) is 12.5 Å². The summed E-state index contributed by atoms with van der Waals surface area (Å²) >= 11 is 0. The van der Waals surface area contributed by atoms with Gasteiger partial charge in [0.15, 0.2) is 0 Å². The Morgan fingerprint density at radius 3 is 2.56 bits per heavy atom. The minimum atomic E-state index is -0.555. The number of ether oxygens (including phenoxy) is 1. The number of piperazine rings is 1. The molecule has 0 bridgehead atoms. The first-order valence-corrected chi connectivity index (χ1v) is 8.50. The van der Waals surface area contributed by atoms with Crippen molar-refractivity contribution in [2.45, 2.75) is 6.10 Å². The molecule has 1 aliphatic heterocycles. The van der Waals surface area contributed by atoms with Crippen molar-refractivity contribution in [3.05, 3.63) is 60.4 Å². The maximum atomic E-state index is 12.4. The first-order valence-electron chi connectivity index (χ1n) is 8.50. The van der Waals surface area contributed by atoms with E-state index in [0.29, 0.717) is 25.2 Å². The predicted octanol–water partition coefficient (Wildman–Crippen LogP) is 1.28. The Hall–Kier alpha value is -2.44. The Morgan fingerprint density at radius 1 is 1.12 bits per heavy atom. The first-order chi connectivity index (χ1) is 12.2. The molecule has 132 valence electrons. The van der Waals surface area contributed by atoms with Gasteiger partial charge in [0.1, 0.15) is 18.5 Å². The standard InChI is InChI=1S/C19H23N3O3/c23-17(15-25-18-6-2-1-3-7-18)14-21-9-11-22(12-10-21)19(24)16-5-4-8-20-13-16/h1-8,13,17,23H,9-12,14-15H2/t17-/m0/s1. The number of carbonyl (C=O) groups is 1. The molecule has 1 amide bonds. The third-order valence-corrected chi connectivity index (χ3v) is 4.22. The summed E-state index contributed by atoms with van der Waals surface area (Å²) in [5, 5.41) is 10.2. The van der Waals surface area contributed by atoms with Gasteiger partial charge in [-0.15, -0.1) is 0 Å². The molecule has 0 aliphatic carbocycles. The zero-order valence-electron chi connectivity index (χ0n) is 14.1. The summed E-state index contributed by atoms with van der Waals surface area (Å²) in [6.45, 7) is 3.60. The Bertz CT molecular complexity index is 658. The van der Waals surface area contributed by atoms with Crippen molar-refractivity contribution in [2.75, 3.05) is 39.3 Å². The average Bonchev–Trinajstić information content (AvgIpc) is 2.68. The van der Waals surface area contributed by atoms with Crippen molar-refractivity contribution in [2.24, 2.45) is 0 Å². The number of aliphatic hydroxyl groups excluding tert-OH is 1. The van der Waals surface area contributed by atoms with E-state index in [1.54, 1.807) is 24.5 Å². The van der Waals surface area contributed by atoms with Crippen LogP contribution in [0.3, 0.4) is 0 Å². The number of carbonyl (C=O) groups excluding carboxylic acids is 1. The van der Waals surface area contributed by atoms with Crippen molar-refractivity contribution in [3.8, 4) is 5.75 Å². The van der Waals surface area contributed by atoms with Gasteiger partial charge in [-0.25, -0.2) is 0 Å². The number of pyridine rings is 1. The molecule has 6 heteroatoms. The number of amides is 1. The number of para-hydroxylation sites is 1. The second-order valence-corrected chi connectivity index (χ2v) is 6.11. The minimum Gasteiger partial charge on any atom is -0.491 e. The average molecular weight is 341 g/mol. The number of rotatable bonds is 6. The molecule has 1 saturated heterocycles. The highest BCUT2D eigenvalue weighted by Gasteiger charge is 2.23. The number of hydrogen-bond donors (Lipinski definition) is 1. The number of aliphatic hydroxyl groups is 1. The van der Waals surface area contributed by atoms with Crippen LogP contribution in [0.5, 0.6) is 5.75 Å². The van der Waals surface area contributed by atoms with E-state index in [0.717, 1.165) is 18.8 Å². The smallest absolute Gasteiger partial charge is 0.255 e. The summed E-state index contributed by atoms with van der Waals surface area (Å²) in [6, 6.07) is 13.0. The van der Waals surface area contributed by atoms with Crippen molar-refractivity contribution in [1.82, 2.24) is 14.8 Å². The fourth-order valence-electron chi connectivity index (χ4n) is 2.87. The van der Waals surface area contributed by atoms with Crippen LogP contribution < -0.4 is 4.74 Å². The van der Waals surface area contributed by atoms with Gasteiger partial charge in [0.2, 0.25) is 0 Å². The summed E-state index contributed by atoms with van der Waals surface area (Å²) in [4.78, 5) is 20.4. The molecular formula is C19H23N3O3. The fourth-order valence-corrected chi connectivity index (χ4v) is 2.87. The number of benzene rings is 1. The van der Waals surface area contributed by atoms with Crippen LogP contribution in [0.15, 0.2) is 54.9 Å². The molecule has 6 nitrogen and oxygen atoms in total. The van der Waals surface area contributed by atoms with Gasteiger partial charge < -0.3 is 14.7 Å². The molecule has 3 rings (SSSR count). The highest BCUT2D eigenvalue weighted by atomic mass is 16.5. The zero-order chi connectivity index (χ0) is 17.5. The SMILES string of the molecule is O=C(c1cccnc1)N1CCN(C[C@H](O)COc2ccccc2)CC1. The molecule has 0 radical (unpaired) electrons. The molecule has 0 unspecified atom stereocenters. The molecule has 0 saturated carbocycles. The quantitative estimate of drug-likeness (QED) is 0.857. The summed E-state index contributed by atoms with van der Waals surface area (Å²) in [6.07, 6.45) is 2.70.